The first-order valence-electron chi connectivity index (χ1n) is 5.83. The second kappa shape index (κ2) is 5.42. The maximum absolute atomic E-state index is 10.8. The standard InChI is InChI=1S/C13H14ClN3O3/c1-7-9(12(14)17(2)16-7)6-20-11-4-3-8(13(18)19)5-10(11)15/h3-5H,6,15H2,1-2H3,(H,18,19). The summed E-state index contributed by atoms with van der Waals surface area (Å²) in [4.78, 5) is 10.8. The fourth-order valence-electron chi connectivity index (χ4n) is 1.80. The number of anilines is 1. The number of nitrogens with zero attached hydrogens (tertiary/aromatic N) is 2. The van der Waals surface area contributed by atoms with E-state index < -0.39 is 5.97 Å². The van der Waals surface area contributed by atoms with E-state index >= 15 is 0 Å². The first-order chi connectivity index (χ1) is 9.40. The minimum atomic E-state index is -1.03. The minimum Gasteiger partial charge on any atom is -0.487 e. The van der Waals surface area contributed by atoms with Crippen LogP contribution in [0.2, 0.25) is 5.15 Å². The summed E-state index contributed by atoms with van der Waals surface area (Å²) in [5.41, 5.74) is 7.69. The highest BCUT2D eigenvalue weighted by atomic mass is 35.5. The van der Waals surface area contributed by atoms with E-state index in [1.54, 1.807) is 11.7 Å². The van der Waals surface area contributed by atoms with Crippen LogP contribution in [-0.2, 0) is 13.7 Å². The topological polar surface area (TPSA) is 90.4 Å². The van der Waals surface area contributed by atoms with Gasteiger partial charge in [-0.15, -0.1) is 0 Å². The third-order valence-corrected chi connectivity index (χ3v) is 3.37. The summed E-state index contributed by atoms with van der Waals surface area (Å²) in [6, 6.07) is 4.32. The van der Waals surface area contributed by atoms with Crippen molar-refractivity contribution in [1.82, 2.24) is 9.78 Å². The highest BCUT2D eigenvalue weighted by molar-refractivity contribution is 6.30. The molecule has 106 valence electrons. The van der Waals surface area contributed by atoms with Gasteiger partial charge in [-0.05, 0) is 25.1 Å². The third-order valence-electron chi connectivity index (χ3n) is 2.90. The van der Waals surface area contributed by atoms with Crippen LogP contribution in [-0.4, -0.2) is 20.9 Å². The van der Waals surface area contributed by atoms with Crippen molar-refractivity contribution >= 4 is 23.3 Å². The molecule has 0 spiro atoms. The third kappa shape index (κ3) is 2.70. The van der Waals surface area contributed by atoms with Gasteiger partial charge in [0.05, 0.1) is 16.9 Å². The van der Waals surface area contributed by atoms with Gasteiger partial charge >= 0.3 is 5.97 Å². The maximum Gasteiger partial charge on any atom is 0.335 e. The van der Waals surface area contributed by atoms with Crippen LogP contribution in [0.3, 0.4) is 0 Å². The lowest BCUT2D eigenvalue weighted by Crippen LogP contribution is -2.02. The molecule has 0 aliphatic heterocycles. The number of carboxylic acids is 1. The van der Waals surface area contributed by atoms with Crippen molar-refractivity contribution in [2.24, 2.45) is 7.05 Å². The summed E-state index contributed by atoms with van der Waals surface area (Å²) in [5.74, 6) is -0.622. The predicted molar refractivity (Wildman–Crippen MR) is 75.1 cm³/mol. The zero-order valence-corrected chi connectivity index (χ0v) is 11.8. The number of rotatable bonds is 4. The molecular formula is C13H14ClN3O3. The van der Waals surface area contributed by atoms with Gasteiger partial charge < -0.3 is 15.6 Å². The van der Waals surface area contributed by atoms with E-state index in [-0.39, 0.29) is 17.9 Å². The SMILES string of the molecule is Cc1nn(C)c(Cl)c1COc1ccc(C(=O)O)cc1N. The van der Waals surface area contributed by atoms with Crippen LogP contribution < -0.4 is 10.5 Å². The lowest BCUT2D eigenvalue weighted by molar-refractivity contribution is 0.0697. The Morgan fingerprint density at radius 3 is 2.75 bits per heavy atom. The molecule has 1 aromatic carbocycles. The van der Waals surface area contributed by atoms with E-state index in [1.165, 1.54) is 18.2 Å². The number of aryl methyl sites for hydroxylation is 2. The zero-order chi connectivity index (χ0) is 14.9. The number of aromatic nitrogens is 2. The average Bonchev–Trinajstić information content (AvgIpc) is 2.62. The molecule has 2 aromatic rings. The van der Waals surface area contributed by atoms with Gasteiger partial charge in [-0.2, -0.15) is 5.10 Å². The molecule has 7 heteroatoms. The van der Waals surface area contributed by atoms with E-state index in [0.29, 0.717) is 10.9 Å². The number of nitrogen functional groups attached to an aromatic ring is 1. The second-order valence-electron chi connectivity index (χ2n) is 4.32. The number of nitrogens with two attached hydrogens (primary N) is 1. The Morgan fingerprint density at radius 1 is 1.55 bits per heavy atom. The van der Waals surface area contributed by atoms with Crippen molar-refractivity contribution in [2.75, 3.05) is 5.73 Å². The molecule has 0 bridgehead atoms. The number of halogens is 1. The summed E-state index contributed by atoms with van der Waals surface area (Å²) in [6.45, 7) is 2.05. The van der Waals surface area contributed by atoms with Crippen LogP contribution in [0.15, 0.2) is 18.2 Å². The van der Waals surface area contributed by atoms with Crippen LogP contribution in [0.5, 0.6) is 5.75 Å². The summed E-state index contributed by atoms with van der Waals surface area (Å²) in [5, 5.41) is 13.5. The first-order valence-corrected chi connectivity index (χ1v) is 6.21. The molecule has 0 unspecified atom stereocenters. The van der Waals surface area contributed by atoms with Gasteiger partial charge in [-0.3, -0.25) is 4.68 Å². The Morgan fingerprint density at radius 2 is 2.25 bits per heavy atom. The lowest BCUT2D eigenvalue weighted by Gasteiger charge is -2.09. The molecule has 0 atom stereocenters. The van der Waals surface area contributed by atoms with E-state index in [2.05, 4.69) is 5.10 Å². The smallest absolute Gasteiger partial charge is 0.335 e. The Kier molecular flexibility index (Phi) is 3.85. The van der Waals surface area contributed by atoms with Gasteiger partial charge in [-0.1, -0.05) is 11.6 Å². The monoisotopic (exact) mass is 295 g/mol. The van der Waals surface area contributed by atoms with Crippen molar-refractivity contribution in [3.63, 3.8) is 0 Å². The number of carboxylic acid groups (broad SMARTS) is 1. The molecule has 0 aliphatic carbocycles. The molecule has 6 nitrogen and oxygen atoms in total. The largest absolute Gasteiger partial charge is 0.487 e. The molecule has 0 amide bonds. The fraction of sp³-hybridized carbons (Fsp3) is 0.231. The van der Waals surface area contributed by atoms with Crippen LogP contribution in [0.1, 0.15) is 21.6 Å². The van der Waals surface area contributed by atoms with E-state index in [9.17, 15) is 4.79 Å². The Bertz CT molecular complexity index is 667. The van der Waals surface area contributed by atoms with Crippen LogP contribution in [0.25, 0.3) is 0 Å². The van der Waals surface area contributed by atoms with E-state index in [1.807, 2.05) is 6.92 Å². The number of hydrogen-bond donors (Lipinski definition) is 2. The molecule has 0 saturated carbocycles. The highest BCUT2D eigenvalue weighted by Crippen LogP contribution is 2.26. The Balaban J connectivity index is 2.17. The molecule has 0 aliphatic rings. The molecular weight excluding hydrogens is 282 g/mol. The molecule has 2 rings (SSSR count). The number of hydrogen-bond acceptors (Lipinski definition) is 4. The molecule has 3 N–H and O–H groups in total. The van der Waals surface area contributed by atoms with Gasteiger partial charge in [-0.25, -0.2) is 4.79 Å². The number of aromatic carboxylic acids is 1. The van der Waals surface area contributed by atoms with Gasteiger partial charge in [0.1, 0.15) is 17.5 Å². The van der Waals surface area contributed by atoms with Crippen molar-refractivity contribution in [2.45, 2.75) is 13.5 Å². The molecule has 0 fully saturated rings. The maximum atomic E-state index is 10.8. The molecule has 0 radical (unpaired) electrons. The Hall–Kier alpha value is -2.21. The summed E-state index contributed by atoms with van der Waals surface area (Å²) in [7, 11) is 1.74. The fourth-order valence-corrected chi connectivity index (χ4v) is 2.03. The normalized spacial score (nSPS) is 10.6. The molecule has 1 aromatic heterocycles. The van der Waals surface area contributed by atoms with Gasteiger partial charge in [0.15, 0.2) is 0 Å². The van der Waals surface area contributed by atoms with Gasteiger partial charge in [0.2, 0.25) is 0 Å². The van der Waals surface area contributed by atoms with E-state index in [4.69, 9.17) is 27.2 Å². The number of carbonyl (C=O) groups is 1. The van der Waals surface area contributed by atoms with Crippen LogP contribution in [0, 0.1) is 6.92 Å². The molecule has 20 heavy (non-hydrogen) atoms. The summed E-state index contributed by atoms with van der Waals surface area (Å²) in [6.07, 6.45) is 0. The van der Waals surface area contributed by atoms with Gasteiger partial charge in [0.25, 0.3) is 0 Å². The van der Waals surface area contributed by atoms with Gasteiger partial charge in [0, 0.05) is 12.6 Å². The average molecular weight is 296 g/mol. The van der Waals surface area contributed by atoms with Crippen molar-refractivity contribution in [3.05, 3.63) is 40.2 Å². The van der Waals surface area contributed by atoms with E-state index in [0.717, 1.165) is 11.3 Å². The summed E-state index contributed by atoms with van der Waals surface area (Å²) >= 11 is 6.10. The van der Waals surface area contributed by atoms with Crippen molar-refractivity contribution in [3.8, 4) is 5.75 Å². The summed E-state index contributed by atoms with van der Waals surface area (Å²) < 4.78 is 7.14. The number of ether oxygens (including phenoxy) is 1. The predicted octanol–water partition coefficient (Wildman–Crippen LogP) is 2.24. The molecule has 0 saturated heterocycles. The number of benzene rings is 1. The zero-order valence-electron chi connectivity index (χ0n) is 11.1. The van der Waals surface area contributed by atoms with Crippen molar-refractivity contribution < 1.29 is 14.6 Å². The highest BCUT2D eigenvalue weighted by Gasteiger charge is 2.13. The second-order valence-corrected chi connectivity index (χ2v) is 4.68. The van der Waals surface area contributed by atoms with Crippen LogP contribution >= 0.6 is 11.6 Å². The van der Waals surface area contributed by atoms with Crippen LogP contribution in [0.4, 0.5) is 5.69 Å². The molecule has 1 heterocycles. The quantitative estimate of drug-likeness (QED) is 0.844. The Labute approximate surface area is 120 Å². The van der Waals surface area contributed by atoms with Crippen molar-refractivity contribution in [1.29, 1.82) is 0 Å². The minimum absolute atomic E-state index is 0.116. The first kappa shape index (κ1) is 14.2. The lowest BCUT2D eigenvalue weighted by atomic mass is 10.2.